The van der Waals surface area contributed by atoms with Gasteiger partial charge in [0.25, 0.3) is 0 Å². The molecule has 4 rings (SSSR count). The first-order valence-corrected chi connectivity index (χ1v) is 9.74. The minimum absolute atomic E-state index is 0.176. The highest BCUT2D eigenvalue weighted by atomic mass is 32.1. The Morgan fingerprint density at radius 2 is 2.04 bits per heavy atom. The van der Waals surface area contributed by atoms with Gasteiger partial charge in [-0.2, -0.15) is 5.10 Å². The Balaban J connectivity index is 1.35. The van der Waals surface area contributed by atoms with Crippen LogP contribution < -0.4 is 10.3 Å². The zero-order valence-electron chi connectivity index (χ0n) is 14.8. The van der Waals surface area contributed by atoms with E-state index in [9.17, 15) is 4.79 Å². The molecule has 3 aromatic rings. The molecular formula is C20H20N4O2S. The number of fused-ring (bicyclic) bond motifs is 1. The monoisotopic (exact) mass is 380 g/mol. The first kappa shape index (κ1) is 17.6. The van der Waals surface area contributed by atoms with Crippen LogP contribution in [0.25, 0.3) is 10.8 Å². The van der Waals surface area contributed by atoms with E-state index in [-0.39, 0.29) is 12.3 Å². The van der Waals surface area contributed by atoms with Gasteiger partial charge >= 0.3 is 0 Å². The van der Waals surface area contributed by atoms with Crippen LogP contribution >= 0.6 is 11.3 Å². The Labute approximate surface area is 161 Å². The van der Waals surface area contributed by atoms with Crippen LogP contribution in [0.1, 0.15) is 11.3 Å². The molecule has 0 aliphatic carbocycles. The zero-order chi connectivity index (χ0) is 18.5. The van der Waals surface area contributed by atoms with E-state index in [1.165, 1.54) is 0 Å². The number of hydrazone groups is 1. The van der Waals surface area contributed by atoms with Crippen molar-refractivity contribution < 1.29 is 9.53 Å². The molecular weight excluding hydrogens is 360 g/mol. The molecule has 0 bridgehead atoms. The number of nitrogens with one attached hydrogen (secondary N) is 1. The maximum absolute atomic E-state index is 12.2. The lowest BCUT2D eigenvalue weighted by Gasteiger charge is -2.26. The minimum Gasteiger partial charge on any atom is -0.378 e. The first-order chi connectivity index (χ1) is 13.3. The van der Waals surface area contributed by atoms with E-state index in [2.05, 4.69) is 32.5 Å². The highest BCUT2D eigenvalue weighted by Crippen LogP contribution is 2.21. The van der Waals surface area contributed by atoms with E-state index in [0.29, 0.717) is 0 Å². The maximum atomic E-state index is 12.2. The van der Waals surface area contributed by atoms with Gasteiger partial charge in [-0.05, 0) is 10.8 Å². The van der Waals surface area contributed by atoms with Gasteiger partial charge in [-0.15, -0.1) is 11.3 Å². The number of ether oxygens (including phenoxy) is 1. The number of carbonyl (C=O) groups excluding carboxylic acids is 1. The molecule has 1 aliphatic heterocycles. The van der Waals surface area contributed by atoms with Gasteiger partial charge in [0.15, 0.2) is 5.13 Å². The second-order valence-electron chi connectivity index (χ2n) is 6.26. The van der Waals surface area contributed by atoms with Crippen LogP contribution in [0.3, 0.4) is 0 Å². The van der Waals surface area contributed by atoms with E-state index in [0.717, 1.165) is 53.5 Å². The molecule has 1 N–H and O–H groups in total. The summed E-state index contributed by atoms with van der Waals surface area (Å²) in [4.78, 5) is 18.9. The second kappa shape index (κ2) is 8.28. The van der Waals surface area contributed by atoms with Gasteiger partial charge in [-0.1, -0.05) is 42.5 Å². The van der Waals surface area contributed by atoms with Crippen molar-refractivity contribution in [3.63, 3.8) is 0 Å². The van der Waals surface area contributed by atoms with E-state index in [1.54, 1.807) is 17.6 Å². The molecule has 0 atom stereocenters. The second-order valence-corrected chi connectivity index (χ2v) is 7.10. The van der Waals surface area contributed by atoms with Crippen molar-refractivity contribution in [2.75, 3.05) is 31.2 Å². The third-order valence-electron chi connectivity index (χ3n) is 4.38. The van der Waals surface area contributed by atoms with Crippen LogP contribution in [0.15, 0.2) is 52.9 Å². The average Bonchev–Trinajstić information content (AvgIpc) is 3.17. The molecule has 1 saturated heterocycles. The van der Waals surface area contributed by atoms with Gasteiger partial charge < -0.3 is 9.64 Å². The summed E-state index contributed by atoms with van der Waals surface area (Å²) in [5.74, 6) is -0.176. The summed E-state index contributed by atoms with van der Waals surface area (Å²) in [5.41, 5.74) is 4.33. The number of hydrogen-bond donors (Lipinski definition) is 1. The standard InChI is InChI=1S/C20H20N4O2S/c25-19(12-17-14-27-20(22-17)24-8-10-26-11-9-24)23-21-13-16-6-3-5-15-4-1-2-7-18(15)16/h1-7,13-14H,8-12H2,(H,23,25)/b21-13-. The van der Waals surface area contributed by atoms with E-state index < -0.39 is 0 Å². The first-order valence-electron chi connectivity index (χ1n) is 8.86. The Morgan fingerprint density at radius 1 is 1.22 bits per heavy atom. The fourth-order valence-electron chi connectivity index (χ4n) is 3.02. The predicted molar refractivity (Wildman–Crippen MR) is 109 cm³/mol. The number of amides is 1. The number of anilines is 1. The third kappa shape index (κ3) is 4.32. The molecule has 138 valence electrons. The highest BCUT2D eigenvalue weighted by molar-refractivity contribution is 7.13. The molecule has 0 saturated carbocycles. The van der Waals surface area contributed by atoms with Gasteiger partial charge in [0.1, 0.15) is 0 Å². The lowest BCUT2D eigenvalue weighted by molar-refractivity contribution is -0.120. The van der Waals surface area contributed by atoms with Gasteiger partial charge in [-0.3, -0.25) is 4.79 Å². The van der Waals surface area contributed by atoms with Gasteiger partial charge in [0.05, 0.1) is 31.5 Å². The number of thiazole rings is 1. The Bertz CT molecular complexity index is 958. The maximum Gasteiger partial charge on any atom is 0.246 e. The normalized spacial score (nSPS) is 14.7. The smallest absolute Gasteiger partial charge is 0.246 e. The van der Waals surface area contributed by atoms with Gasteiger partial charge in [0.2, 0.25) is 5.91 Å². The Hall–Kier alpha value is -2.77. The largest absolute Gasteiger partial charge is 0.378 e. The lowest BCUT2D eigenvalue weighted by atomic mass is 10.1. The van der Waals surface area contributed by atoms with E-state index in [4.69, 9.17) is 4.74 Å². The molecule has 2 heterocycles. The van der Waals surface area contributed by atoms with Crippen molar-refractivity contribution in [1.82, 2.24) is 10.4 Å². The number of aromatic nitrogens is 1. The summed E-state index contributed by atoms with van der Waals surface area (Å²) in [6, 6.07) is 14.1. The summed E-state index contributed by atoms with van der Waals surface area (Å²) in [6.45, 7) is 3.12. The summed E-state index contributed by atoms with van der Waals surface area (Å²) in [6.07, 6.45) is 1.90. The lowest BCUT2D eigenvalue weighted by Crippen LogP contribution is -2.36. The quantitative estimate of drug-likeness (QED) is 0.546. The molecule has 7 heteroatoms. The van der Waals surface area contributed by atoms with Crippen molar-refractivity contribution in [2.24, 2.45) is 5.10 Å². The van der Waals surface area contributed by atoms with Crippen molar-refractivity contribution >= 4 is 39.4 Å². The van der Waals surface area contributed by atoms with Crippen LogP contribution in [-0.4, -0.2) is 43.4 Å². The van der Waals surface area contributed by atoms with Crippen LogP contribution in [0.2, 0.25) is 0 Å². The Kier molecular flexibility index (Phi) is 5.41. The molecule has 0 spiro atoms. The summed E-state index contributed by atoms with van der Waals surface area (Å²) in [7, 11) is 0. The minimum atomic E-state index is -0.176. The number of carbonyl (C=O) groups is 1. The van der Waals surface area contributed by atoms with Gasteiger partial charge in [0, 0.05) is 24.0 Å². The van der Waals surface area contributed by atoms with Gasteiger partial charge in [-0.25, -0.2) is 10.4 Å². The number of morpholine rings is 1. The number of rotatable bonds is 5. The predicted octanol–water partition coefficient (Wildman–Crippen LogP) is 2.83. The number of benzene rings is 2. The van der Waals surface area contributed by atoms with Crippen molar-refractivity contribution in [3.05, 3.63) is 59.1 Å². The van der Waals surface area contributed by atoms with Crippen molar-refractivity contribution in [3.8, 4) is 0 Å². The van der Waals surface area contributed by atoms with Crippen LogP contribution in [0.4, 0.5) is 5.13 Å². The molecule has 1 aromatic heterocycles. The molecule has 1 amide bonds. The molecule has 0 radical (unpaired) electrons. The molecule has 6 nitrogen and oxygen atoms in total. The highest BCUT2D eigenvalue weighted by Gasteiger charge is 2.15. The van der Waals surface area contributed by atoms with Crippen LogP contribution in [0.5, 0.6) is 0 Å². The zero-order valence-corrected chi connectivity index (χ0v) is 15.6. The SMILES string of the molecule is O=C(Cc1csc(N2CCOCC2)n1)N/N=C\c1cccc2ccccc12. The third-order valence-corrected chi connectivity index (χ3v) is 5.33. The van der Waals surface area contributed by atoms with Crippen LogP contribution in [-0.2, 0) is 16.0 Å². The molecule has 2 aromatic carbocycles. The molecule has 27 heavy (non-hydrogen) atoms. The summed E-state index contributed by atoms with van der Waals surface area (Å²) < 4.78 is 5.36. The number of hydrogen-bond acceptors (Lipinski definition) is 6. The van der Waals surface area contributed by atoms with E-state index >= 15 is 0 Å². The average molecular weight is 380 g/mol. The summed E-state index contributed by atoms with van der Waals surface area (Å²) in [5, 5.41) is 9.23. The Morgan fingerprint density at radius 3 is 2.93 bits per heavy atom. The van der Waals surface area contributed by atoms with Crippen molar-refractivity contribution in [2.45, 2.75) is 6.42 Å². The molecule has 0 unspecified atom stereocenters. The number of nitrogens with zero attached hydrogens (tertiary/aromatic N) is 3. The molecule has 1 aliphatic rings. The van der Waals surface area contributed by atoms with Crippen molar-refractivity contribution in [1.29, 1.82) is 0 Å². The fraction of sp³-hybridized carbons (Fsp3) is 0.250. The van der Waals surface area contributed by atoms with E-state index in [1.807, 2.05) is 35.7 Å². The molecule has 1 fully saturated rings. The van der Waals surface area contributed by atoms with Crippen LogP contribution in [0, 0.1) is 0 Å². The fourth-order valence-corrected chi connectivity index (χ4v) is 3.90. The summed E-state index contributed by atoms with van der Waals surface area (Å²) >= 11 is 1.56. The topological polar surface area (TPSA) is 66.8 Å².